The minimum absolute atomic E-state index is 0.0422. The van der Waals surface area contributed by atoms with Crippen LogP contribution in [0, 0.1) is 0 Å². The van der Waals surface area contributed by atoms with Gasteiger partial charge in [0.25, 0.3) is 0 Å². The van der Waals surface area contributed by atoms with Gasteiger partial charge in [-0.15, -0.1) is 0 Å². The lowest BCUT2D eigenvalue weighted by molar-refractivity contribution is -0.207. The molecule has 0 amide bonds. The lowest BCUT2D eigenvalue weighted by atomic mass is 9.97. The molecule has 0 saturated heterocycles. The molecule has 358 valence electrons. The Hall–Kier alpha value is -3.74. The number of hydrogen-bond donors (Lipinski definition) is 0. The zero-order chi connectivity index (χ0) is 47.3. The second kappa shape index (κ2) is 26.8. The zero-order valence-corrected chi connectivity index (χ0v) is 35.4. The Morgan fingerprint density at radius 3 is 0.677 bits per heavy atom. The number of benzene rings is 1. The normalized spacial score (nSPS) is 14.5. The van der Waals surface area contributed by atoms with E-state index in [1.54, 1.807) is 27.7 Å². The van der Waals surface area contributed by atoms with Crippen molar-refractivity contribution in [2.24, 2.45) is 0 Å². The maximum atomic E-state index is 14.1. The van der Waals surface area contributed by atoms with Crippen molar-refractivity contribution in [2.75, 3.05) is 0 Å². The lowest BCUT2D eigenvalue weighted by Crippen LogP contribution is -2.37. The Morgan fingerprint density at radius 2 is 0.532 bits per heavy atom. The molecule has 62 heavy (non-hydrogen) atoms. The molecule has 0 fully saturated rings. The molecule has 0 N–H and O–H groups in total. The highest BCUT2D eigenvalue weighted by Gasteiger charge is 2.47. The van der Waals surface area contributed by atoms with E-state index < -0.39 is 121 Å². The van der Waals surface area contributed by atoms with Crippen LogP contribution in [0.25, 0.3) is 0 Å². The van der Waals surface area contributed by atoms with Crippen LogP contribution in [0.2, 0.25) is 0 Å². The molecule has 4 atom stereocenters. The van der Waals surface area contributed by atoms with Crippen LogP contribution < -0.4 is 0 Å². The second-order valence-corrected chi connectivity index (χ2v) is 15.1. The number of halogens is 12. The maximum absolute atomic E-state index is 14.1. The first-order valence-corrected chi connectivity index (χ1v) is 21.1. The topological polar surface area (TPSA) is 105 Å². The summed E-state index contributed by atoms with van der Waals surface area (Å²) >= 11 is 0. The fourth-order valence-electron chi connectivity index (χ4n) is 6.23. The van der Waals surface area contributed by atoms with E-state index in [9.17, 15) is 71.9 Å². The molecule has 1 aromatic carbocycles. The minimum atomic E-state index is -5.28. The number of carbonyl (C=O) groups excluding carboxylic acids is 4. The van der Waals surface area contributed by atoms with Gasteiger partial charge in [-0.1, -0.05) is 105 Å². The van der Waals surface area contributed by atoms with Crippen molar-refractivity contribution < 1.29 is 90.8 Å². The van der Waals surface area contributed by atoms with Gasteiger partial charge in [0.05, 0.1) is 22.3 Å². The van der Waals surface area contributed by atoms with Gasteiger partial charge in [0, 0.05) is 0 Å². The van der Waals surface area contributed by atoms with Gasteiger partial charge in [-0.3, -0.25) is 0 Å². The van der Waals surface area contributed by atoms with Crippen molar-refractivity contribution in [3.05, 3.63) is 34.4 Å². The van der Waals surface area contributed by atoms with Gasteiger partial charge in [0.1, 0.15) is 0 Å². The zero-order valence-electron chi connectivity index (χ0n) is 35.4. The summed E-state index contributed by atoms with van der Waals surface area (Å²) in [5.74, 6) is -8.59. The smallest absolute Gasteiger partial charge is 0.425 e. The summed E-state index contributed by atoms with van der Waals surface area (Å²) in [6.45, 7) is 6.99. The van der Waals surface area contributed by atoms with Crippen molar-refractivity contribution in [3.63, 3.8) is 0 Å². The van der Waals surface area contributed by atoms with E-state index in [1.807, 2.05) is 0 Å². The Morgan fingerprint density at radius 1 is 0.355 bits per heavy atom. The summed E-state index contributed by atoms with van der Waals surface area (Å²) in [4.78, 5) is 54.5. The minimum Gasteiger partial charge on any atom is -0.449 e. The monoisotopic (exact) mass is 918 g/mol. The summed E-state index contributed by atoms with van der Waals surface area (Å²) in [7, 11) is 0. The SMILES string of the molecule is CCCCCC[C@H](OC(=O)c1cc(C(=O)O[C@@H](CCCCCC)C(F)(F)F)c(C(=O)O[C@@H](CCCCCC)C(F)(F)F)cc1C(=O)O[C@@H](CCCCCC)C(F)(F)F)C(F)(F)F. The number of esters is 4. The van der Waals surface area contributed by atoms with Crippen molar-refractivity contribution in [1.29, 1.82) is 0 Å². The second-order valence-electron chi connectivity index (χ2n) is 15.1. The summed E-state index contributed by atoms with van der Waals surface area (Å²) in [5, 5.41) is 0. The third-order valence-corrected chi connectivity index (χ3v) is 9.77. The first kappa shape index (κ1) is 56.3. The average molecular weight is 919 g/mol. The number of ether oxygens (including phenoxy) is 4. The third kappa shape index (κ3) is 20.2. The van der Waals surface area contributed by atoms with Crippen LogP contribution in [0.1, 0.15) is 198 Å². The van der Waals surface area contributed by atoms with Crippen LogP contribution in [-0.4, -0.2) is 73.0 Å². The lowest BCUT2D eigenvalue weighted by Gasteiger charge is -2.25. The first-order chi connectivity index (χ1) is 28.8. The molecular weight excluding hydrogens is 860 g/mol. The first-order valence-electron chi connectivity index (χ1n) is 21.1. The van der Waals surface area contributed by atoms with E-state index in [0.29, 0.717) is 51.4 Å². The van der Waals surface area contributed by atoms with Gasteiger partial charge in [0.15, 0.2) is 24.4 Å². The average Bonchev–Trinajstić information content (AvgIpc) is 3.17. The van der Waals surface area contributed by atoms with Crippen LogP contribution in [0.15, 0.2) is 12.1 Å². The molecule has 8 nitrogen and oxygen atoms in total. The number of rotatable bonds is 28. The van der Waals surface area contributed by atoms with E-state index in [0.717, 1.165) is 0 Å². The van der Waals surface area contributed by atoms with Crippen LogP contribution in [0.3, 0.4) is 0 Å². The summed E-state index contributed by atoms with van der Waals surface area (Å²) < 4.78 is 188. The van der Waals surface area contributed by atoms with Gasteiger partial charge >= 0.3 is 48.6 Å². The molecule has 0 unspecified atom stereocenters. The molecule has 1 rings (SSSR count). The molecular formula is C42H58F12O8. The Kier molecular flexibility index (Phi) is 24.3. The van der Waals surface area contributed by atoms with Crippen LogP contribution in [0.5, 0.6) is 0 Å². The van der Waals surface area contributed by atoms with Crippen LogP contribution >= 0.6 is 0 Å². The maximum Gasteiger partial charge on any atom is 0.425 e. The van der Waals surface area contributed by atoms with Gasteiger partial charge in [-0.05, 0) is 63.5 Å². The molecule has 0 saturated carbocycles. The van der Waals surface area contributed by atoms with Crippen molar-refractivity contribution in [2.45, 2.75) is 205 Å². The molecule has 0 radical (unpaired) electrons. The fraction of sp³-hybridized carbons (Fsp3) is 0.762. The molecule has 0 aliphatic heterocycles. The van der Waals surface area contributed by atoms with Crippen LogP contribution in [-0.2, 0) is 18.9 Å². The van der Waals surface area contributed by atoms with E-state index in [4.69, 9.17) is 0 Å². The predicted octanol–water partition coefficient (Wildman–Crippen LogP) is 13.9. The largest absolute Gasteiger partial charge is 0.449 e. The Labute approximate surface area is 354 Å². The highest BCUT2D eigenvalue weighted by molar-refractivity contribution is 6.10. The van der Waals surface area contributed by atoms with E-state index in [-0.39, 0.29) is 63.5 Å². The number of carbonyl (C=O) groups is 4. The molecule has 0 aromatic heterocycles. The Bertz CT molecular complexity index is 1300. The molecule has 1 aromatic rings. The van der Waals surface area contributed by atoms with Gasteiger partial charge in [0.2, 0.25) is 0 Å². The molecule has 20 heteroatoms. The van der Waals surface area contributed by atoms with Gasteiger partial charge in [-0.2, -0.15) is 52.7 Å². The third-order valence-electron chi connectivity index (χ3n) is 9.77. The van der Waals surface area contributed by atoms with Crippen molar-refractivity contribution in [1.82, 2.24) is 0 Å². The Balaban J connectivity index is 4.17. The molecule has 0 aliphatic rings. The van der Waals surface area contributed by atoms with Gasteiger partial charge < -0.3 is 18.9 Å². The highest BCUT2D eigenvalue weighted by atomic mass is 19.4. The number of hydrogen-bond acceptors (Lipinski definition) is 8. The van der Waals surface area contributed by atoms with E-state index >= 15 is 0 Å². The van der Waals surface area contributed by atoms with E-state index in [2.05, 4.69) is 18.9 Å². The van der Waals surface area contributed by atoms with Gasteiger partial charge in [-0.25, -0.2) is 19.2 Å². The fourth-order valence-corrected chi connectivity index (χ4v) is 6.23. The predicted molar refractivity (Wildman–Crippen MR) is 203 cm³/mol. The summed E-state index contributed by atoms with van der Waals surface area (Å²) in [5.41, 5.74) is -5.98. The molecule has 0 bridgehead atoms. The highest BCUT2D eigenvalue weighted by Crippen LogP contribution is 2.35. The molecule has 0 spiro atoms. The van der Waals surface area contributed by atoms with Crippen molar-refractivity contribution in [3.8, 4) is 0 Å². The molecule has 0 aliphatic carbocycles. The quantitative estimate of drug-likeness (QED) is 0.0354. The van der Waals surface area contributed by atoms with E-state index in [1.165, 1.54) is 0 Å². The number of alkyl halides is 12. The summed E-state index contributed by atoms with van der Waals surface area (Å²) in [6, 6.07) is 0.0845. The standard InChI is InChI=1S/C42H58F12O8/c1-5-9-13-17-21-31(39(43,44)45)59-35(55)27-25-29(37(57)61-33(41(49,50)51)23-19-15-11-7-3)30(38(58)62-34(42(52,53)54)24-20-16-12-8-4)26-28(27)36(56)60-32(40(46,47)48)22-18-14-10-6-2/h25-26,31-34H,5-24H2,1-4H3/t31-,32-,33-,34-/m0/s1. The van der Waals surface area contributed by atoms with Crippen LogP contribution in [0.4, 0.5) is 52.7 Å². The number of unbranched alkanes of at least 4 members (excludes halogenated alkanes) is 12. The molecule has 0 heterocycles. The van der Waals surface area contributed by atoms with Crippen molar-refractivity contribution >= 4 is 23.9 Å². The summed E-state index contributed by atoms with van der Waals surface area (Å²) in [6.07, 6.45) is -31.7.